The van der Waals surface area contributed by atoms with Gasteiger partial charge in [0.15, 0.2) is 0 Å². The van der Waals surface area contributed by atoms with E-state index in [-0.39, 0.29) is 12.1 Å². The van der Waals surface area contributed by atoms with E-state index in [0.29, 0.717) is 13.0 Å². The van der Waals surface area contributed by atoms with Gasteiger partial charge in [0.1, 0.15) is 11.6 Å². The van der Waals surface area contributed by atoms with Crippen LogP contribution in [0.4, 0.5) is 10.1 Å². The van der Waals surface area contributed by atoms with Gasteiger partial charge in [-0.1, -0.05) is 6.07 Å². The van der Waals surface area contributed by atoms with Crippen molar-refractivity contribution in [3.63, 3.8) is 0 Å². The number of carbonyl (C=O) groups is 2. The van der Waals surface area contributed by atoms with Gasteiger partial charge in [-0.2, -0.15) is 0 Å². The monoisotopic (exact) mass is 395 g/mol. The topological polar surface area (TPSA) is 74.4 Å². The third kappa shape index (κ3) is 3.61. The molecule has 0 saturated carbocycles. The van der Waals surface area contributed by atoms with Crippen LogP contribution in [0.2, 0.25) is 0 Å². The number of aromatic nitrogens is 1. The first-order valence-electron chi connectivity index (χ1n) is 9.48. The Bertz CT molecular complexity index is 1090. The van der Waals surface area contributed by atoms with Gasteiger partial charge < -0.3 is 15.0 Å². The quantitative estimate of drug-likeness (QED) is 0.629. The minimum atomic E-state index is -0.650. The van der Waals surface area contributed by atoms with Crippen LogP contribution in [-0.2, 0) is 16.0 Å². The summed E-state index contributed by atoms with van der Waals surface area (Å²) in [6, 6.07) is 9.64. The minimum Gasteiger partial charge on any atom is -0.497 e. The number of amides is 2. The van der Waals surface area contributed by atoms with Crippen molar-refractivity contribution >= 4 is 28.4 Å². The zero-order valence-electron chi connectivity index (χ0n) is 16.3. The number of aromatic amines is 1. The van der Waals surface area contributed by atoms with Gasteiger partial charge in [0.2, 0.25) is 5.91 Å². The van der Waals surface area contributed by atoms with Gasteiger partial charge in [-0.05, 0) is 54.8 Å². The maximum Gasteiger partial charge on any atom is 0.251 e. The second kappa shape index (κ2) is 7.67. The van der Waals surface area contributed by atoms with Crippen molar-refractivity contribution in [2.24, 2.45) is 0 Å². The number of carbonyl (C=O) groups excluding carboxylic acids is 2. The summed E-state index contributed by atoms with van der Waals surface area (Å²) in [5, 5.41) is 4.20. The Balaban J connectivity index is 1.43. The molecule has 2 heterocycles. The van der Waals surface area contributed by atoms with Crippen LogP contribution in [-0.4, -0.2) is 36.5 Å². The molecule has 7 heteroatoms. The maximum absolute atomic E-state index is 14.2. The molecule has 1 saturated heterocycles. The number of rotatable bonds is 6. The smallest absolute Gasteiger partial charge is 0.251 e. The lowest BCUT2D eigenvalue weighted by Gasteiger charge is -2.16. The van der Waals surface area contributed by atoms with Crippen molar-refractivity contribution in [3.05, 3.63) is 59.5 Å². The summed E-state index contributed by atoms with van der Waals surface area (Å²) in [4.78, 5) is 29.2. The molecule has 1 fully saturated rings. The van der Waals surface area contributed by atoms with Crippen molar-refractivity contribution in [2.45, 2.75) is 25.8 Å². The Kier molecular flexibility index (Phi) is 5.07. The molecule has 0 bridgehead atoms. The summed E-state index contributed by atoms with van der Waals surface area (Å²) in [6.45, 7) is 2.27. The first kappa shape index (κ1) is 19.1. The minimum absolute atomic E-state index is 0.0126. The summed E-state index contributed by atoms with van der Waals surface area (Å²) < 4.78 is 19.5. The number of H-pyrrole nitrogens is 1. The Labute approximate surface area is 167 Å². The van der Waals surface area contributed by atoms with Crippen LogP contribution in [0.15, 0.2) is 42.6 Å². The number of fused-ring (bicyclic) bond motifs is 1. The summed E-state index contributed by atoms with van der Waals surface area (Å²) in [7, 11) is 1.63. The van der Waals surface area contributed by atoms with Crippen LogP contribution < -0.4 is 15.0 Å². The molecule has 150 valence electrons. The molecular formula is C22H22FN3O3. The fourth-order valence-corrected chi connectivity index (χ4v) is 3.71. The lowest BCUT2D eigenvalue weighted by molar-refractivity contribution is -0.121. The lowest BCUT2D eigenvalue weighted by Crippen LogP contribution is -2.39. The molecule has 0 radical (unpaired) electrons. The summed E-state index contributed by atoms with van der Waals surface area (Å²) in [5.41, 5.74) is 2.84. The second-order valence-electron chi connectivity index (χ2n) is 7.21. The van der Waals surface area contributed by atoms with E-state index in [1.165, 1.54) is 12.1 Å². The molecule has 1 atom stereocenters. The van der Waals surface area contributed by atoms with E-state index < -0.39 is 23.7 Å². The summed E-state index contributed by atoms with van der Waals surface area (Å²) in [6.07, 6.45) is 2.62. The average molecular weight is 395 g/mol. The van der Waals surface area contributed by atoms with E-state index in [1.807, 2.05) is 24.4 Å². The average Bonchev–Trinajstić information content (AvgIpc) is 3.22. The SMILES string of the molecule is COc1ccc2[nH]cc(CCNC3CC(=O)N(c4ccc(C)cc4F)C3=O)c2c1. The third-order valence-electron chi connectivity index (χ3n) is 5.25. The van der Waals surface area contributed by atoms with Crippen molar-refractivity contribution in [1.29, 1.82) is 0 Å². The summed E-state index contributed by atoms with van der Waals surface area (Å²) >= 11 is 0. The van der Waals surface area contributed by atoms with Gasteiger partial charge in [0.25, 0.3) is 5.91 Å². The highest BCUT2D eigenvalue weighted by Gasteiger charge is 2.40. The number of nitrogens with one attached hydrogen (secondary N) is 2. The number of ether oxygens (including phenoxy) is 1. The standard InChI is InChI=1S/C22H22FN3O3/c1-13-3-6-20(17(23)9-13)26-21(27)11-19(22(26)28)24-8-7-14-12-25-18-5-4-15(29-2)10-16(14)18/h3-6,9-10,12,19,24-25H,7-8,11H2,1-2H3. The van der Waals surface area contributed by atoms with E-state index in [0.717, 1.165) is 32.7 Å². The van der Waals surface area contributed by atoms with Gasteiger partial charge in [-0.25, -0.2) is 9.29 Å². The first-order valence-corrected chi connectivity index (χ1v) is 9.48. The van der Waals surface area contributed by atoms with Crippen LogP contribution in [0.1, 0.15) is 17.5 Å². The molecule has 1 aromatic heterocycles. The van der Waals surface area contributed by atoms with Crippen LogP contribution in [0.5, 0.6) is 5.75 Å². The highest BCUT2D eigenvalue weighted by Crippen LogP contribution is 2.27. The van der Waals surface area contributed by atoms with Gasteiger partial charge in [0, 0.05) is 23.6 Å². The first-order chi connectivity index (χ1) is 14.0. The Hall–Kier alpha value is -3.19. The number of nitrogens with zero attached hydrogens (tertiary/aromatic N) is 1. The molecule has 1 aliphatic heterocycles. The molecule has 1 unspecified atom stereocenters. The van der Waals surface area contributed by atoms with E-state index in [4.69, 9.17) is 4.74 Å². The predicted octanol–water partition coefficient (Wildman–Crippen LogP) is 3.09. The molecule has 3 aromatic rings. The predicted molar refractivity (Wildman–Crippen MR) is 109 cm³/mol. The number of benzene rings is 2. The number of anilines is 1. The van der Waals surface area contributed by atoms with Crippen molar-refractivity contribution in [1.82, 2.24) is 10.3 Å². The molecule has 2 amide bonds. The van der Waals surface area contributed by atoms with Crippen LogP contribution in [0, 0.1) is 12.7 Å². The van der Waals surface area contributed by atoms with E-state index in [2.05, 4.69) is 10.3 Å². The number of hydrogen-bond acceptors (Lipinski definition) is 4. The molecule has 29 heavy (non-hydrogen) atoms. The number of halogens is 1. The fraction of sp³-hybridized carbons (Fsp3) is 0.273. The van der Waals surface area contributed by atoms with Crippen molar-refractivity contribution in [3.8, 4) is 5.75 Å². The molecular weight excluding hydrogens is 373 g/mol. The third-order valence-corrected chi connectivity index (χ3v) is 5.25. The Morgan fingerprint density at radius 3 is 2.83 bits per heavy atom. The molecule has 1 aliphatic rings. The highest BCUT2D eigenvalue weighted by atomic mass is 19.1. The fourth-order valence-electron chi connectivity index (χ4n) is 3.71. The zero-order valence-corrected chi connectivity index (χ0v) is 16.3. The molecule has 2 N–H and O–H groups in total. The van der Waals surface area contributed by atoms with E-state index >= 15 is 0 Å². The van der Waals surface area contributed by atoms with Crippen LogP contribution in [0.3, 0.4) is 0 Å². The molecule has 6 nitrogen and oxygen atoms in total. The maximum atomic E-state index is 14.2. The van der Waals surface area contributed by atoms with Gasteiger partial charge >= 0.3 is 0 Å². The number of aryl methyl sites for hydroxylation is 1. The molecule has 0 aliphatic carbocycles. The number of imide groups is 1. The molecule has 0 spiro atoms. The number of hydrogen-bond donors (Lipinski definition) is 2. The molecule has 2 aromatic carbocycles. The highest BCUT2D eigenvalue weighted by molar-refractivity contribution is 6.22. The number of methoxy groups -OCH3 is 1. The van der Waals surface area contributed by atoms with Gasteiger partial charge in [0.05, 0.1) is 25.3 Å². The summed E-state index contributed by atoms with van der Waals surface area (Å²) in [5.74, 6) is -0.607. The second-order valence-corrected chi connectivity index (χ2v) is 7.21. The Morgan fingerprint density at radius 2 is 2.07 bits per heavy atom. The van der Waals surface area contributed by atoms with Crippen LogP contribution in [0.25, 0.3) is 10.9 Å². The zero-order chi connectivity index (χ0) is 20.5. The van der Waals surface area contributed by atoms with Crippen LogP contribution >= 0.6 is 0 Å². The largest absolute Gasteiger partial charge is 0.497 e. The lowest BCUT2D eigenvalue weighted by atomic mass is 10.1. The normalized spacial score (nSPS) is 16.8. The van der Waals surface area contributed by atoms with Gasteiger partial charge in [-0.3, -0.25) is 9.59 Å². The van der Waals surface area contributed by atoms with Gasteiger partial charge in [-0.15, -0.1) is 0 Å². The van der Waals surface area contributed by atoms with Crippen molar-refractivity contribution in [2.75, 3.05) is 18.6 Å². The molecule has 4 rings (SSSR count). The van der Waals surface area contributed by atoms with Crippen molar-refractivity contribution < 1.29 is 18.7 Å². The van der Waals surface area contributed by atoms with E-state index in [9.17, 15) is 14.0 Å². The Morgan fingerprint density at radius 1 is 1.24 bits per heavy atom. The van der Waals surface area contributed by atoms with E-state index in [1.54, 1.807) is 20.1 Å².